The van der Waals surface area contributed by atoms with Gasteiger partial charge in [-0.05, 0) is 36.8 Å². The first-order valence-electron chi connectivity index (χ1n) is 12.5. The molecule has 4 aromatic rings. The largest absolute Gasteiger partial charge is 0.508 e. The van der Waals surface area contributed by atoms with Crippen molar-refractivity contribution in [1.29, 1.82) is 0 Å². The van der Waals surface area contributed by atoms with Crippen LogP contribution in [0.1, 0.15) is 31.4 Å². The molecule has 0 spiro atoms. The lowest BCUT2D eigenvalue weighted by molar-refractivity contribution is -0.0123. The van der Waals surface area contributed by atoms with Crippen LogP contribution < -0.4 is 24.4 Å². The molecular weight excluding hydrogens is 508 g/mol. The number of aliphatic hydroxyl groups excluding tert-OH is 1. The quantitative estimate of drug-likeness (QED) is 0.235. The maximum Gasteiger partial charge on any atom is 0.238 e. The second kappa shape index (κ2) is 10.7. The first-order valence-corrected chi connectivity index (χ1v) is 12.5. The number of aromatic hydroxyl groups is 3. The van der Waals surface area contributed by atoms with Crippen molar-refractivity contribution in [3.05, 3.63) is 64.3 Å². The van der Waals surface area contributed by atoms with Gasteiger partial charge in [0.05, 0.1) is 20.3 Å². The van der Waals surface area contributed by atoms with E-state index in [2.05, 4.69) is 6.92 Å². The number of benzene rings is 3. The van der Waals surface area contributed by atoms with Crippen molar-refractivity contribution in [2.45, 2.75) is 32.0 Å². The molecular formula is C29H28O10. The van der Waals surface area contributed by atoms with Crippen LogP contribution in [-0.4, -0.2) is 46.9 Å². The summed E-state index contributed by atoms with van der Waals surface area (Å²) in [4.78, 5) is 12.8. The second-order valence-corrected chi connectivity index (χ2v) is 9.10. The van der Waals surface area contributed by atoms with Crippen molar-refractivity contribution in [1.82, 2.24) is 0 Å². The lowest BCUT2D eigenvalue weighted by Gasteiger charge is -2.33. The fraction of sp³-hybridized carbons (Fsp3) is 0.276. The minimum atomic E-state index is -0.856. The molecule has 5 rings (SSSR count). The number of unbranched alkanes of at least 4 members (excludes halogenated alkanes) is 1. The highest BCUT2D eigenvalue weighted by Gasteiger charge is 2.34. The van der Waals surface area contributed by atoms with Gasteiger partial charge in [-0.15, -0.1) is 0 Å². The summed E-state index contributed by atoms with van der Waals surface area (Å²) in [6.07, 6.45) is 0.463. The predicted molar refractivity (Wildman–Crippen MR) is 141 cm³/mol. The average molecular weight is 537 g/mol. The zero-order valence-corrected chi connectivity index (χ0v) is 21.3. The number of ether oxygens (including phenoxy) is 4. The van der Waals surface area contributed by atoms with Crippen LogP contribution in [-0.2, 0) is 0 Å². The smallest absolute Gasteiger partial charge is 0.238 e. The van der Waals surface area contributed by atoms with Gasteiger partial charge in [0.15, 0.2) is 41.0 Å². The van der Waals surface area contributed by atoms with Gasteiger partial charge in [0, 0.05) is 23.3 Å². The van der Waals surface area contributed by atoms with Gasteiger partial charge in [0.25, 0.3) is 0 Å². The molecule has 2 atom stereocenters. The number of hydrogen-bond acceptors (Lipinski definition) is 10. The molecule has 1 aliphatic rings. The zero-order chi connectivity index (χ0) is 27.7. The zero-order valence-electron chi connectivity index (χ0n) is 21.3. The molecule has 4 N–H and O–H groups in total. The van der Waals surface area contributed by atoms with E-state index >= 15 is 0 Å². The Hall–Kier alpha value is -4.57. The van der Waals surface area contributed by atoms with Crippen molar-refractivity contribution < 1.29 is 43.8 Å². The van der Waals surface area contributed by atoms with Gasteiger partial charge in [0.1, 0.15) is 22.5 Å². The molecule has 3 aromatic carbocycles. The van der Waals surface area contributed by atoms with Crippen molar-refractivity contribution in [2.24, 2.45) is 0 Å². The highest BCUT2D eigenvalue weighted by molar-refractivity contribution is 5.88. The van der Waals surface area contributed by atoms with Crippen LogP contribution in [0.4, 0.5) is 0 Å². The summed E-state index contributed by atoms with van der Waals surface area (Å²) in [7, 11) is 1.54. The third-order valence-corrected chi connectivity index (χ3v) is 6.46. The Bertz CT molecular complexity index is 1580. The summed E-state index contributed by atoms with van der Waals surface area (Å²) in [5.41, 5.74) is 0.00270. The maximum atomic E-state index is 12.8. The van der Waals surface area contributed by atoms with Gasteiger partial charge < -0.3 is 43.8 Å². The lowest BCUT2D eigenvalue weighted by atomic mass is 10.0. The van der Waals surface area contributed by atoms with E-state index in [9.17, 15) is 25.2 Å². The van der Waals surface area contributed by atoms with Crippen LogP contribution in [0.25, 0.3) is 22.3 Å². The molecule has 0 saturated heterocycles. The summed E-state index contributed by atoms with van der Waals surface area (Å²) in [5.74, 6) is 0.0124. The number of phenols is 2. The Morgan fingerprint density at radius 1 is 0.949 bits per heavy atom. The molecule has 10 heteroatoms. The van der Waals surface area contributed by atoms with Gasteiger partial charge in [-0.25, -0.2) is 0 Å². The molecule has 10 nitrogen and oxygen atoms in total. The Kier molecular flexibility index (Phi) is 7.12. The number of rotatable bonds is 8. The topological polar surface area (TPSA) is 148 Å². The number of phenolic OH excluding ortho intramolecular Hbond substituents is 2. The second-order valence-electron chi connectivity index (χ2n) is 9.10. The van der Waals surface area contributed by atoms with E-state index in [4.69, 9.17) is 23.4 Å². The van der Waals surface area contributed by atoms with Gasteiger partial charge in [0.2, 0.25) is 11.2 Å². The van der Waals surface area contributed by atoms with Crippen LogP contribution >= 0.6 is 0 Å². The molecule has 2 heterocycles. The van der Waals surface area contributed by atoms with E-state index in [-0.39, 0.29) is 40.4 Å². The van der Waals surface area contributed by atoms with E-state index in [1.165, 1.54) is 12.1 Å². The fourth-order valence-electron chi connectivity index (χ4n) is 4.47. The molecule has 0 bridgehead atoms. The Morgan fingerprint density at radius 3 is 2.51 bits per heavy atom. The number of methoxy groups -OCH3 is 1. The van der Waals surface area contributed by atoms with Crippen LogP contribution in [0.15, 0.2) is 57.7 Å². The molecule has 0 aliphatic carbocycles. The Labute approximate surface area is 223 Å². The molecule has 2 unspecified atom stereocenters. The predicted octanol–water partition coefficient (Wildman–Crippen LogP) is 4.64. The van der Waals surface area contributed by atoms with Crippen LogP contribution in [0.2, 0.25) is 0 Å². The van der Waals surface area contributed by atoms with Gasteiger partial charge in [-0.1, -0.05) is 19.4 Å². The van der Waals surface area contributed by atoms with Crippen LogP contribution in [0.3, 0.4) is 0 Å². The summed E-state index contributed by atoms with van der Waals surface area (Å²) in [6, 6.07) is 12.2. The third-order valence-electron chi connectivity index (χ3n) is 6.46. The van der Waals surface area contributed by atoms with E-state index in [1.807, 2.05) is 6.07 Å². The minimum Gasteiger partial charge on any atom is -0.508 e. The molecule has 0 saturated carbocycles. The normalized spacial score (nSPS) is 16.3. The summed E-state index contributed by atoms with van der Waals surface area (Å²) < 4.78 is 29.3. The van der Waals surface area contributed by atoms with Crippen molar-refractivity contribution in [3.63, 3.8) is 0 Å². The third kappa shape index (κ3) is 4.86. The molecule has 0 amide bonds. The SMILES string of the molecule is CCCCOc1ccc(C2Oc3cc(-c4oc5cc(O)cc(O)c5c(=O)c4O)ccc3OC2CO)cc1OC. The molecule has 204 valence electrons. The van der Waals surface area contributed by atoms with Crippen molar-refractivity contribution in [3.8, 4) is 51.6 Å². The Balaban J connectivity index is 1.51. The summed E-state index contributed by atoms with van der Waals surface area (Å²) >= 11 is 0. The maximum absolute atomic E-state index is 12.8. The molecule has 39 heavy (non-hydrogen) atoms. The molecule has 0 fully saturated rings. The number of aliphatic hydroxyl groups is 1. The molecule has 1 aliphatic heterocycles. The molecule has 1 aromatic heterocycles. The Morgan fingerprint density at radius 2 is 1.77 bits per heavy atom. The van der Waals surface area contributed by atoms with Crippen LogP contribution in [0, 0.1) is 0 Å². The standard InChI is InChI=1S/C29H28O10/c1-3-4-9-36-19-7-5-15(10-21(19)35-2)28-24(14-30)37-20-8-6-16(11-22(20)38-28)29-27(34)26(33)25-18(32)12-17(31)13-23(25)39-29/h5-8,10-13,24,28,30-32,34H,3-4,9,14H2,1-2H3. The van der Waals surface area contributed by atoms with E-state index in [0.29, 0.717) is 29.4 Å². The van der Waals surface area contributed by atoms with Gasteiger partial charge >= 0.3 is 0 Å². The van der Waals surface area contributed by atoms with Gasteiger partial charge in [-0.2, -0.15) is 0 Å². The fourth-order valence-corrected chi connectivity index (χ4v) is 4.47. The highest BCUT2D eigenvalue weighted by Crippen LogP contribution is 2.44. The average Bonchev–Trinajstić information content (AvgIpc) is 2.93. The van der Waals surface area contributed by atoms with Crippen LogP contribution in [0.5, 0.6) is 40.2 Å². The lowest BCUT2D eigenvalue weighted by Crippen LogP contribution is -2.36. The summed E-state index contributed by atoms with van der Waals surface area (Å²) in [6.45, 7) is 2.31. The number of hydrogen-bond donors (Lipinski definition) is 4. The summed E-state index contributed by atoms with van der Waals surface area (Å²) in [5, 5.41) is 40.3. The number of fused-ring (bicyclic) bond motifs is 2. The highest BCUT2D eigenvalue weighted by atomic mass is 16.6. The van der Waals surface area contributed by atoms with Crippen molar-refractivity contribution >= 4 is 11.0 Å². The first kappa shape index (κ1) is 26.1. The van der Waals surface area contributed by atoms with Crippen molar-refractivity contribution in [2.75, 3.05) is 20.3 Å². The van der Waals surface area contributed by atoms with E-state index in [0.717, 1.165) is 18.9 Å². The molecule has 0 radical (unpaired) electrons. The van der Waals surface area contributed by atoms with Gasteiger partial charge in [-0.3, -0.25) is 4.79 Å². The van der Waals surface area contributed by atoms with E-state index < -0.39 is 29.1 Å². The minimum absolute atomic E-state index is 0.105. The first-order chi connectivity index (χ1) is 18.8. The monoisotopic (exact) mass is 536 g/mol. The van der Waals surface area contributed by atoms with E-state index in [1.54, 1.807) is 31.4 Å².